The van der Waals surface area contributed by atoms with Gasteiger partial charge in [-0.25, -0.2) is 0 Å². The molecule has 0 radical (unpaired) electrons. The number of morpholine rings is 1. The topological polar surface area (TPSA) is 158 Å². The number of nitrogens with one attached hydrogen (secondary N) is 4. The van der Waals surface area contributed by atoms with Gasteiger partial charge in [-0.15, -0.1) is 0 Å². The van der Waals surface area contributed by atoms with E-state index in [1.165, 1.54) is 24.3 Å². The summed E-state index contributed by atoms with van der Waals surface area (Å²) in [7, 11) is 0. The Balaban J connectivity index is 1.78. The number of ether oxygens (including phenoxy) is 2. The number of Topliss-reactive ketones (excluding diaryl/α,β-unsaturated/α-hetero) is 1. The fraction of sp³-hybridized carbons (Fsp3) is 0.575. The van der Waals surface area contributed by atoms with Crippen LogP contribution in [0, 0.1) is 11.8 Å². The number of nitrogens with zero attached hydrogens (tertiary/aromatic N) is 1. The van der Waals surface area contributed by atoms with Crippen LogP contribution in [0.5, 0.6) is 0 Å². The number of hydrogen-bond acceptors (Lipinski definition) is 8. The van der Waals surface area contributed by atoms with E-state index in [4.69, 9.17) is 34.1 Å². The Morgan fingerprint density at radius 1 is 0.788 bits per heavy atom. The molecule has 4 N–H and O–H groups in total. The van der Waals surface area contributed by atoms with E-state index in [1.807, 2.05) is 5.32 Å². The smallest absolute Gasteiger partial charge is 0.243 e. The van der Waals surface area contributed by atoms with E-state index < -0.39 is 150 Å². The largest absolute Gasteiger partial charge is 0.379 e. The number of amides is 4. The third kappa shape index (κ3) is 13.1. The van der Waals surface area contributed by atoms with Crippen LogP contribution in [0.15, 0.2) is 60.7 Å². The summed E-state index contributed by atoms with van der Waals surface area (Å²) in [6.07, 6.45) is -3.92. The summed E-state index contributed by atoms with van der Waals surface area (Å²) in [4.78, 5) is 72.1. The number of carbonyl (C=O) groups excluding carboxylic acids is 5. The molecule has 2 saturated heterocycles. The quantitative estimate of drug-likeness (QED) is 0.151. The predicted molar refractivity (Wildman–Crippen MR) is 198 cm³/mol. The molecule has 284 valence electrons. The molecule has 2 aromatic rings. The van der Waals surface area contributed by atoms with Gasteiger partial charge in [0.1, 0.15) is 23.7 Å². The van der Waals surface area contributed by atoms with Gasteiger partial charge in [0.25, 0.3) is 0 Å². The Morgan fingerprint density at radius 3 is 1.96 bits per heavy atom. The van der Waals surface area contributed by atoms with E-state index in [9.17, 15) is 25.3 Å². The molecule has 4 rings (SSSR count). The van der Waals surface area contributed by atoms with Crippen molar-refractivity contribution in [3.63, 3.8) is 0 Å². The molecular formula is C40H57N5O7. The summed E-state index contributed by atoms with van der Waals surface area (Å²) >= 11 is 0. The van der Waals surface area contributed by atoms with Crippen molar-refractivity contribution in [2.75, 3.05) is 39.4 Å². The maximum Gasteiger partial charge on any atom is 0.243 e. The van der Waals surface area contributed by atoms with Crippen molar-refractivity contribution >= 4 is 29.4 Å². The molecule has 2 aromatic carbocycles. The van der Waals surface area contributed by atoms with E-state index in [0.717, 1.165) is 11.8 Å². The van der Waals surface area contributed by atoms with Gasteiger partial charge < -0.3 is 30.7 Å². The first-order valence-electron chi connectivity index (χ1n) is 26.1. The van der Waals surface area contributed by atoms with Gasteiger partial charge in [0.05, 0.1) is 39.1 Å². The van der Waals surface area contributed by atoms with E-state index in [1.54, 1.807) is 36.4 Å². The minimum atomic E-state index is -3.70. The number of ketones is 1. The lowest BCUT2D eigenvalue weighted by atomic mass is 9.93. The second-order valence-electron chi connectivity index (χ2n) is 12.6. The molecule has 12 heteroatoms. The van der Waals surface area contributed by atoms with Crippen molar-refractivity contribution < 1.29 is 59.5 Å². The molecule has 5 atom stereocenters. The Morgan fingerprint density at radius 2 is 1.35 bits per heavy atom. The summed E-state index contributed by atoms with van der Waals surface area (Å²) in [6, 6.07) is 6.62. The highest BCUT2D eigenvalue weighted by Crippen LogP contribution is 2.29. The minimum absolute atomic E-state index is 0.0613. The summed E-state index contributed by atoms with van der Waals surface area (Å²) in [6.45, 7) is -20.8. The van der Waals surface area contributed by atoms with Gasteiger partial charge in [-0.1, -0.05) is 88.1 Å². The van der Waals surface area contributed by atoms with E-state index in [-0.39, 0.29) is 25.0 Å². The van der Waals surface area contributed by atoms with E-state index in [0.29, 0.717) is 5.56 Å². The summed E-state index contributed by atoms with van der Waals surface area (Å²) in [5.74, 6) is -13.7. The van der Waals surface area contributed by atoms with Crippen LogP contribution in [-0.4, -0.2) is 103 Å². The first-order chi connectivity index (χ1) is 32.2. The normalized spacial score (nSPS) is 28.9. The Bertz CT molecular complexity index is 2180. The minimum Gasteiger partial charge on any atom is -0.379 e. The number of benzene rings is 2. The lowest BCUT2D eigenvalue weighted by Gasteiger charge is -2.29. The monoisotopic (exact) mass is 739 g/mol. The zero-order chi connectivity index (χ0) is 54.0. The maximum absolute atomic E-state index is 14.6. The lowest BCUT2D eigenvalue weighted by Crippen LogP contribution is -2.59. The highest BCUT2D eigenvalue weighted by atomic mass is 16.6. The van der Waals surface area contributed by atoms with Crippen molar-refractivity contribution in [3.05, 3.63) is 71.8 Å². The molecule has 2 fully saturated rings. The van der Waals surface area contributed by atoms with Gasteiger partial charge in [0.15, 0.2) is 5.78 Å². The van der Waals surface area contributed by atoms with Crippen LogP contribution in [-0.2, 0) is 46.3 Å². The second kappa shape index (κ2) is 19.6. The fourth-order valence-corrected chi connectivity index (χ4v) is 5.30. The average molecular weight is 739 g/mol. The Kier molecular flexibility index (Phi) is 8.13. The molecule has 2 aliphatic rings. The molecule has 0 unspecified atom stereocenters. The molecule has 2 aliphatic heterocycles. The van der Waals surface area contributed by atoms with Crippen LogP contribution in [0.3, 0.4) is 0 Å². The molecule has 0 spiro atoms. The average Bonchev–Trinajstić information content (AvgIpc) is 3.97. The van der Waals surface area contributed by atoms with E-state index >= 15 is 0 Å². The van der Waals surface area contributed by atoms with Crippen molar-refractivity contribution in [1.29, 1.82) is 0 Å². The van der Waals surface area contributed by atoms with Crippen molar-refractivity contribution in [2.45, 2.75) is 96.2 Å². The highest BCUT2D eigenvalue weighted by molar-refractivity contribution is 5.98. The molecular weight excluding hydrogens is 662 g/mol. The molecule has 52 heavy (non-hydrogen) atoms. The van der Waals surface area contributed by atoms with Crippen LogP contribution < -0.4 is 21.3 Å². The zero-order valence-electron chi connectivity index (χ0n) is 47.7. The summed E-state index contributed by atoms with van der Waals surface area (Å²) in [5.41, 5.74) is -0.955. The molecule has 0 aromatic heterocycles. The maximum atomic E-state index is 14.6. The first-order valence-corrected chi connectivity index (χ1v) is 16.6. The van der Waals surface area contributed by atoms with Gasteiger partial charge in [0.2, 0.25) is 23.6 Å². The van der Waals surface area contributed by atoms with Gasteiger partial charge in [-0.05, 0) is 55.5 Å². The van der Waals surface area contributed by atoms with Crippen LogP contribution in [0.4, 0.5) is 0 Å². The number of aryl methyl sites for hydroxylation is 1. The second-order valence-corrected chi connectivity index (χ2v) is 12.6. The van der Waals surface area contributed by atoms with Crippen molar-refractivity contribution in [1.82, 2.24) is 26.2 Å². The number of rotatable bonds is 20. The van der Waals surface area contributed by atoms with Crippen LogP contribution >= 0.6 is 0 Å². The van der Waals surface area contributed by atoms with Gasteiger partial charge in [-0.3, -0.25) is 28.9 Å². The van der Waals surface area contributed by atoms with Crippen LogP contribution in [0.2, 0.25) is 0 Å². The van der Waals surface area contributed by atoms with Gasteiger partial charge in [-0.2, -0.15) is 0 Å². The summed E-state index contributed by atoms with van der Waals surface area (Å²) in [5, 5.41) is 8.93. The molecule has 0 aliphatic carbocycles. The van der Waals surface area contributed by atoms with E-state index in [2.05, 4.69) is 16.0 Å². The highest BCUT2D eigenvalue weighted by Gasteiger charge is 2.50. The van der Waals surface area contributed by atoms with Crippen molar-refractivity contribution in [3.8, 4) is 0 Å². The standard InChI is InChI=1S/C40H57N5O7/c1-27(2)22-32(36(47)40(5)26-52-40)42-39(50)34(24-30-14-10-7-11-15-30)44-38(49)33(23-28(3)4)43-37(48)31(17-16-29-12-8-6-9-13-29)41-35(46)25-45-18-20-51-21-19-45/h6-15,27-28,31-34H,16-26H2,1-5H3,(H,41,46)(H,42,50)(H,43,48)(H,44,49)/t31-,32+,33-,34-,40+/m0/s1/i1D3,2D3,3D3,4D3,20D2,21D2,27D,28D,32D. The Labute approximate surface area is 334 Å². The SMILES string of the molecule is [2H]C1([2H])CN(CC(=O)N[C@@H](CCc2ccccc2)C(=O)N[C@@H](CC([2H])(C([2H])([2H])[2H])C([2H])([2H])[2H])C(=O)N[C@@H](Cc2ccccc2)C(=O)N[C@]([2H])(CC([2H])(C([2H])([2H])[2H])C([2H])([2H])[2H])C(=O)[C@@]2(C)CO2)CC([2H])([2H])O1. The zero-order valence-corrected chi connectivity index (χ0v) is 28.7. The number of hydrogen-bond donors (Lipinski definition) is 4. The molecule has 2 heterocycles. The Hall–Kier alpha value is -4.13. The predicted octanol–water partition coefficient (Wildman–Crippen LogP) is 2.58. The van der Waals surface area contributed by atoms with Crippen LogP contribution in [0.25, 0.3) is 0 Å². The fourth-order valence-electron chi connectivity index (χ4n) is 5.30. The van der Waals surface area contributed by atoms with Gasteiger partial charge in [0, 0.05) is 38.7 Å². The molecule has 0 bridgehead atoms. The van der Waals surface area contributed by atoms with Gasteiger partial charge >= 0.3 is 0 Å². The molecule has 0 saturated carbocycles. The summed E-state index contributed by atoms with van der Waals surface area (Å²) < 4.78 is 164. The number of carbonyl (C=O) groups is 5. The molecule has 12 nitrogen and oxygen atoms in total. The third-order valence-corrected chi connectivity index (χ3v) is 8.22. The van der Waals surface area contributed by atoms with Crippen molar-refractivity contribution in [2.24, 2.45) is 11.8 Å². The van der Waals surface area contributed by atoms with Crippen LogP contribution in [0.1, 0.15) is 90.8 Å². The third-order valence-electron chi connectivity index (χ3n) is 8.22. The first kappa shape index (κ1) is 21.5. The molecule has 4 amide bonds. The lowest BCUT2D eigenvalue weighted by molar-refractivity contribution is -0.135. The number of epoxide rings is 1.